The van der Waals surface area contributed by atoms with Crippen LogP contribution in [0, 0.1) is 42.7 Å². The number of thiocyanates is 4. The summed E-state index contributed by atoms with van der Waals surface area (Å²) >= 11 is 4.82. The quantitative estimate of drug-likeness (QED) is 0.113. The minimum absolute atomic E-state index is 0.548. The average Bonchev–Trinajstić information content (AvgIpc) is 4.18. The Labute approximate surface area is 387 Å². The third kappa shape index (κ3) is 9.01. The molecule has 9 rings (SSSR count). The molecule has 4 aromatic carbocycles. The molecule has 64 heavy (non-hydrogen) atoms. The van der Waals surface area contributed by atoms with E-state index >= 15 is 0 Å². The van der Waals surface area contributed by atoms with Gasteiger partial charge in [-0.1, -0.05) is 97.1 Å². The van der Waals surface area contributed by atoms with Gasteiger partial charge in [0.1, 0.15) is 21.6 Å². The van der Waals surface area contributed by atoms with Gasteiger partial charge in [-0.3, -0.25) is 0 Å². The van der Waals surface area contributed by atoms with E-state index in [0.29, 0.717) is 23.0 Å². The SMILES string of the molecule is N#CSCc1cccc(-c2c3nc(c(-c4cccc(CSC#N)c4)c4ccc([nH]4)c(-c4cccc(CSC#N)c4)c4nc(c(-c5cccc(CSC#N)c5)c5ccc2[nH]5)C=C4)C=C3)c1. The fourth-order valence-corrected chi connectivity index (χ4v) is 9.79. The first-order chi connectivity index (χ1) is 31.5. The molecular formula is C52H34N8S4. The fourth-order valence-electron chi connectivity index (χ4n) is 8.15. The van der Waals surface area contributed by atoms with E-state index in [4.69, 9.17) is 9.97 Å². The maximum Gasteiger partial charge on any atom is 0.133 e. The maximum atomic E-state index is 9.41. The topological polar surface area (TPSA) is 153 Å². The van der Waals surface area contributed by atoms with Crippen molar-refractivity contribution in [1.82, 2.24) is 19.9 Å². The largest absolute Gasteiger partial charge is 0.354 e. The summed E-state index contributed by atoms with van der Waals surface area (Å²) in [7, 11) is 0. The highest BCUT2D eigenvalue weighted by Gasteiger charge is 2.20. The van der Waals surface area contributed by atoms with Crippen LogP contribution in [0.3, 0.4) is 0 Å². The van der Waals surface area contributed by atoms with Crippen molar-refractivity contribution in [3.05, 3.63) is 166 Å². The van der Waals surface area contributed by atoms with E-state index in [-0.39, 0.29) is 0 Å². The first kappa shape index (κ1) is 42.2. The average molecular weight is 899 g/mol. The van der Waals surface area contributed by atoms with Crippen LogP contribution in [0.4, 0.5) is 0 Å². The summed E-state index contributed by atoms with van der Waals surface area (Å²) in [6.45, 7) is 0. The summed E-state index contributed by atoms with van der Waals surface area (Å²) in [6.07, 6.45) is 8.25. The molecule has 5 heterocycles. The molecule has 7 aromatic rings. The van der Waals surface area contributed by atoms with Gasteiger partial charge < -0.3 is 9.97 Å². The van der Waals surface area contributed by atoms with Crippen LogP contribution < -0.4 is 0 Å². The lowest BCUT2D eigenvalue weighted by Crippen LogP contribution is -1.91. The second-order valence-electron chi connectivity index (χ2n) is 14.8. The van der Waals surface area contributed by atoms with Crippen LogP contribution in [0.25, 0.3) is 90.9 Å². The van der Waals surface area contributed by atoms with Crippen LogP contribution in [0.15, 0.2) is 121 Å². The highest BCUT2D eigenvalue weighted by atomic mass is 32.2. The van der Waals surface area contributed by atoms with E-state index in [2.05, 4.69) is 129 Å². The van der Waals surface area contributed by atoms with Gasteiger partial charge in [-0.2, -0.15) is 21.0 Å². The number of H-pyrrole nitrogens is 2. The summed E-state index contributed by atoms with van der Waals surface area (Å²) < 4.78 is 0. The van der Waals surface area contributed by atoms with Crippen molar-refractivity contribution in [3.8, 4) is 66.1 Å². The highest BCUT2D eigenvalue weighted by Crippen LogP contribution is 2.39. The standard InChI is InChI=1S/C52H34N8S4/c53-29-61-25-33-5-1-9-37(21-33)49-41-13-15-43(57-41)50(38-10-2-6-34(22-38)26-62-30-54)45-17-19-47(59-45)52(40-12-4-8-36(24-40)28-64-32-56)48-20-18-46(60-48)51(44-16-14-42(49)58-44)39-11-3-7-35(23-39)27-63-31-55/h1-24,57,60H,25-28H2. The fraction of sp³-hybridized carbons (Fsp3) is 0.0769. The van der Waals surface area contributed by atoms with Gasteiger partial charge in [-0.15, -0.1) is 0 Å². The van der Waals surface area contributed by atoms with Crippen LogP contribution in [0.5, 0.6) is 0 Å². The first-order valence-electron chi connectivity index (χ1n) is 20.1. The Balaban J connectivity index is 1.42. The van der Waals surface area contributed by atoms with Gasteiger partial charge in [0, 0.05) is 67.3 Å². The molecule has 0 aliphatic carbocycles. The molecule has 0 atom stereocenters. The minimum atomic E-state index is 0.548. The number of rotatable bonds is 12. The molecule has 0 fully saturated rings. The van der Waals surface area contributed by atoms with Crippen molar-refractivity contribution >= 4 is 93.4 Å². The molecule has 8 nitrogen and oxygen atoms in total. The predicted octanol–water partition coefficient (Wildman–Crippen LogP) is 14.2. The second-order valence-corrected chi connectivity index (χ2v) is 17.9. The predicted molar refractivity (Wildman–Crippen MR) is 268 cm³/mol. The van der Waals surface area contributed by atoms with Crippen LogP contribution in [-0.4, -0.2) is 19.9 Å². The lowest BCUT2D eigenvalue weighted by Gasteiger charge is -2.09. The summed E-state index contributed by atoms with van der Waals surface area (Å²) in [5.41, 5.74) is 18.0. The van der Waals surface area contributed by atoms with Crippen molar-refractivity contribution in [2.24, 2.45) is 0 Å². The summed E-state index contributed by atoms with van der Waals surface area (Å²) in [6, 6.07) is 41.4. The van der Waals surface area contributed by atoms with Crippen molar-refractivity contribution in [1.29, 1.82) is 21.0 Å². The number of nitriles is 4. The van der Waals surface area contributed by atoms with E-state index in [0.717, 1.165) is 112 Å². The number of aromatic nitrogens is 4. The lowest BCUT2D eigenvalue weighted by atomic mass is 10.0. The number of aromatic amines is 2. The Kier molecular flexibility index (Phi) is 12.8. The molecule has 3 aromatic heterocycles. The van der Waals surface area contributed by atoms with Gasteiger partial charge in [0.15, 0.2) is 0 Å². The Hall–Kier alpha value is -7.16. The molecular weight excluding hydrogens is 865 g/mol. The maximum absolute atomic E-state index is 9.41. The molecule has 2 aliphatic heterocycles. The third-order valence-electron chi connectivity index (χ3n) is 10.8. The Morgan fingerprint density at radius 2 is 0.609 bits per heavy atom. The normalized spacial score (nSPS) is 11.4. The van der Waals surface area contributed by atoms with Crippen LogP contribution >= 0.6 is 47.0 Å². The van der Waals surface area contributed by atoms with E-state index in [1.165, 1.54) is 47.0 Å². The Bertz CT molecular complexity index is 2930. The van der Waals surface area contributed by atoms with Crippen molar-refractivity contribution in [3.63, 3.8) is 0 Å². The summed E-state index contributed by atoms with van der Waals surface area (Å²) in [4.78, 5) is 18.5. The molecule has 0 saturated heterocycles. The van der Waals surface area contributed by atoms with E-state index in [1.54, 1.807) is 0 Å². The Morgan fingerprint density at radius 3 is 0.844 bits per heavy atom. The van der Waals surface area contributed by atoms with Gasteiger partial charge in [-0.25, -0.2) is 9.97 Å². The number of hydrogen-bond donors (Lipinski definition) is 2. The van der Waals surface area contributed by atoms with Gasteiger partial charge >= 0.3 is 0 Å². The number of fused-ring (bicyclic) bond motifs is 8. The van der Waals surface area contributed by atoms with Gasteiger partial charge in [0.2, 0.25) is 0 Å². The van der Waals surface area contributed by atoms with Crippen LogP contribution in [-0.2, 0) is 23.0 Å². The van der Waals surface area contributed by atoms with Crippen molar-refractivity contribution in [2.75, 3.05) is 0 Å². The third-order valence-corrected chi connectivity index (χ3v) is 13.3. The number of nitrogens with zero attached hydrogens (tertiary/aromatic N) is 6. The monoisotopic (exact) mass is 898 g/mol. The zero-order valence-corrected chi connectivity index (χ0v) is 37.3. The molecule has 0 unspecified atom stereocenters. The molecule has 0 amide bonds. The number of nitrogens with one attached hydrogen (secondary N) is 2. The molecule has 2 N–H and O–H groups in total. The van der Waals surface area contributed by atoms with Crippen molar-refractivity contribution in [2.45, 2.75) is 23.0 Å². The van der Waals surface area contributed by atoms with E-state index in [1.807, 2.05) is 48.5 Å². The minimum Gasteiger partial charge on any atom is -0.354 e. The van der Waals surface area contributed by atoms with E-state index in [9.17, 15) is 21.0 Å². The summed E-state index contributed by atoms with van der Waals surface area (Å²) in [5, 5.41) is 46.5. The lowest BCUT2D eigenvalue weighted by molar-refractivity contribution is 1.30. The zero-order valence-electron chi connectivity index (χ0n) is 34.0. The molecule has 0 radical (unpaired) electrons. The zero-order chi connectivity index (χ0) is 43.8. The molecule has 306 valence electrons. The molecule has 0 saturated carbocycles. The molecule has 8 bridgehead atoms. The van der Waals surface area contributed by atoms with Crippen molar-refractivity contribution < 1.29 is 0 Å². The molecule has 12 heteroatoms. The molecule has 0 spiro atoms. The van der Waals surface area contributed by atoms with Crippen LogP contribution in [0.2, 0.25) is 0 Å². The highest BCUT2D eigenvalue weighted by molar-refractivity contribution is 8.03. The molecule has 2 aliphatic rings. The number of benzene rings is 4. The second kappa shape index (κ2) is 19.5. The smallest absolute Gasteiger partial charge is 0.133 e. The first-order valence-corrected chi connectivity index (χ1v) is 24.0. The van der Waals surface area contributed by atoms with Gasteiger partial charge in [0.25, 0.3) is 0 Å². The Morgan fingerprint density at radius 1 is 0.359 bits per heavy atom. The van der Waals surface area contributed by atoms with Crippen LogP contribution in [0.1, 0.15) is 45.0 Å². The van der Waals surface area contributed by atoms with Gasteiger partial charge in [-0.05, 0) is 140 Å². The van der Waals surface area contributed by atoms with Gasteiger partial charge in [0.05, 0.1) is 22.8 Å². The van der Waals surface area contributed by atoms with E-state index < -0.39 is 0 Å². The number of hydrogen-bond acceptors (Lipinski definition) is 10. The number of thioether (sulfide) groups is 4. The summed E-state index contributed by atoms with van der Waals surface area (Å²) in [5.74, 6) is 2.19.